The number of rotatable bonds is 4. The van der Waals surface area contributed by atoms with E-state index in [1.165, 1.54) is 19.5 Å². The van der Waals surface area contributed by atoms with Gasteiger partial charge in [0.2, 0.25) is 0 Å². The van der Waals surface area contributed by atoms with Crippen LogP contribution in [0, 0.1) is 5.92 Å². The number of hydrogen-bond acceptors (Lipinski definition) is 3. The molecule has 0 unspecified atom stereocenters. The van der Waals surface area contributed by atoms with E-state index >= 15 is 0 Å². The van der Waals surface area contributed by atoms with Gasteiger partial charge in [0.1, 0.15) is 0 Å². The first kappa shape index (κ1) is 11.6. The zero-order valence-electron chi connectivity index (χ0n) is 10.2. The fourth-order valence-corrected chi connectivity index (χ4v) is 2.28. The van der Waals surface area contributed by atoms with Gasteiger partial charge in [0.05, 0.1) is 5.69 Å². The smallest absolute Gasteiger partial charge is 0.0572 e. The van der Waals surface area contributed by atoms with Crippen LogP contribution in [-0.2, 0) is 0 Å². The molecule has 0 spiro atoms. The fourth-order valence-electron chi connectivity index (χ4n) is 2.28. The molecule has 2 rings (SSSR count). The Bertz CT molecular complexity index is 306. The Morgan fingerprint density at radius 3 is 3.06 bits per heavy atom. The number of nitrogens with one attached hydrogen (secondary N) is 1. The molecule has 2 heterocycles. The van der Waals surface area contributed by atoms with E-state index in [0.29, 0.717) is 6.04 Å². The van der Waals surface area contributed by atoms with Crippen molar-refractivity contribution in [3.05, 3.63) is 30.1 Å². The molecule has 0 saturated carbocycles. The van der Waals surface area contributed by atoms with Crippen LogP contribution in [0.3, 0.4) is 0 Å². The highest BCUT2D eigenvalue weighted by molar-refractivity contribution is 5.07. The molecule has 0 amide bonds. The third-order valence-corrected chi connectivity index (χ3v) is 3.49. The Kier molecular flexibility index (Phi) is 3.91. The van der Waals surface area contributed by atoms with Crippen molar-refractivity contribution >= 4 is 0 Å². The van der Waals surface area contributed by atoms with Crippen LogP contribution in [0.15, 0.2) is 24.4 Å². The van der Waals surface area contributed by atoms with E-state index in [0.717, 1.165) is 18.2 Å². The van der Waals surface area contributed by atoms with Gasteiger partial charge in [-0.3, -0.25) is 9.88 Å². The summed E-state index contributed by atoms with van der Waals surface area (Å²) in [5, 5.41) is 3.41. The third kappa shape index (κ3) is 2.80. The highest BCUT2D eigenvalue weighted by Gasteiger charge is 2.20. The summed E-state index contributed by atoms with van der Waals surface area (Å²) in [5.41, 5.74) is 1.16. The van der Waals surface area contributed by atoms with Crippen LogP contribution in [0.25, 0.3) is 0 Å². The lowest BCUT2D eigenvalue weighted by Gasteiger charge is -2.26. The monoisotopic (exact) mass is 219 g/mol. The van der Waals surface area contributed by atoms with Gasteiger partial charge in [-0.1, -0.05) is 6.07 Å². The summed E-state index contributed by atoms with van der Waals surface area (Å²) >= 11 is 0. The minimum Gasteiger partial charge on any atom is -0.316 e. The molecule has 1 aromatic heterocycles. The van der Waals surface area contributed by atoms with Crippen molar-refractivity contribution in [1.29, 1.82) is 0 Å². The quantitative estimate of drug-likeness (QED) is 0.835. The van der Waals surface area contributed by atoms with E-state index in [9.17, 15) is 0 Å². The summed E-state index contributed by atoms with van der Waals surface area (Å²) in [6, 6.07) is 6.54. The van der Waals surface area contributed by atoms with E-state index in [1.54, 1.807) is 0 Å². The normalized spacial score (nSPS) is 22.6. The molecule has 3 heteroatoms. The molecular weight excluding hydrogens is 198 g/mol. The van der Waals surface area contributed by atoms with Crippen molar-refractivity contribution in [2.45, 2.75) is 19.4 Å². The Balaban J connectivity index is 1.91. The van der Waals surface area contributed by atoms with Gasteiger partial charge in [-0.15, -0.1) is 0 Å². The predicted molar refractivity (Wildman–Crippen MR) is 66.3 cm³/mol. The van der Waals surface area contributed by atoms with Gasteiger partial charge in [-0.2, -0.15) is 0 Å². The second kappa shape index (κ2) is 5.41. The van der Waals surface area contributed by atoms with E-state index in [2.05, 4.69) is 41.3 Å². The molecule has 1 aliphatic heterocycles. The lowest BCUT2D eigenvalue weighted by atomic mass is 10.1. The van der Waals surface area contributed by atoms with Crippen LogP contribution in [0.2, 0.25) is 0 Å². The van der Waals surface area contributed by atoms with Gasteiger partial charge in [-0.25, -0.2) is 0 Å². The van der Waals surface area contributed by atoms with Crippen LogP contribution in [0.4, 0.5) is 0 Å². The molecule has 1 fully saturated rings. The van der Waals surface area contributed by atoms with Crippen LogP contribution in [-0.4, -0.2) is 36.6 Å². The maximum Gasteiger partial charge on any atom is 0.0572 e. The van der Waals surface area contributed by atoms with Gasteiger partial charge in [-0.05, 0) is 51.5 Å². The van der Waals surface area contributed by atoms with E-state index in [-0.39, 0.29) is 0 Å². The van der Waals surface area contributed by atoms with Crippen molar-refractivity contribution < 1.29 is 0 Å². The highest BCUT2D eigenvalue weighted by Crippen LogP contribution is 2.19. The summed E-state index contributed by atoms with van der Waals surface area (Å²) in [4.78, 5) is 6.82. The topological polar surface area (TPSA) is 28.2 Å². The molecule has 16 heavy (non-hydrogen) atoms. The summed E-state index contributed by atoms with van der Waals surface area (Å²) in [6.45, 7) is 5.73. The molecule has 88 valence electrons. The lowest BCUT2D eigenvalue weighted by Crippen LogP contribution is -2.29. The largest absolute Gasteiger partial charge is 0.316 e. The molecule has 0 aliphatic carbocycles. The number of aromatic nitrogens is 1. The fraction of sp³-hybridized carbons (Fsp3) is 0.615. The molecule has 0 bridgehead atoms. The van der Waals surface area contributed by atoms with Crippen molar-refractivity contribution in [3.8, 4) is 0 Å². The minimum absolute atomic E-state index is 0.404. The molecule has 1 aliphatic rings. The number of hydrogen-bond donors (Lipinski definition) is 1. The number of pyridine rings is 1. The zero-order chi connectivity index (χ0) is 11.4. The predicted octanol–water partition coefficient (Wildman–Crippen LogP) is 1.68. The van der Waals surface area contributed by atoms with Crippen molar-refractivity contribution in [2.24, 2.45) is 5.92 Å². The summed E-state index contributed by atoms with van der Waals surface area (Å²) < 4.78 is 0. The molecule has 1 N–H and O–H groups in total. The Morgan fingerprint density at radius 1 is 1.56 bits per heavy atom. The second-order valence-corrected chi connectivity index (χ2v) is 4.73. The first-order chi connectivity index (χ1) is 7.77. The van der Waals surface area contributed by atoms with E-state index in [1.807, 2.05) is 12.3 Å². The lowest BCUT2D eigenvalue weighted by molar-refractivity contribution is 0.223. The minimum atomic E-state index is 0.404. The average molecular weight is 219 g/mol. The summed E-state index contributed by atoms with van der Waals surface area (Å²) in [7, 11) is 2.19. The molecular formula is C13H21N3. The van der Waals surface area contributed by atoms with Gasteiger partial charge in [0.25, 0.3) is 0 Å². The van der Waals surface area contributed by atoms with Crippen molar-refractivity contribution in [3.63, 3.8) is 0 Å². The SMILES string of the molecule is C[C@@H](c1ccccn1)N(C)C[C@@H]1CCNC1. The summed E-state index contributed by atoms with van der Waals surface area (Å²) in [6.07, 6.45) is 3.18. The van der Waals surface area contributed by atoms with Crippen molar-refractivity contribution in [1.82, 2.24) is 15.2 Å². The van der Waals surface area contributed by atoms with Gasteiger partial charge in [0, 0.05) is 18.8 Å². The van der Waals surface area contributed by atoms with Gasteiger partial charge < -0.3 is 5.32 Å². The van der Waals surface area contributed by atoms with Gasteiger partial charge >= 0.3 is 0 Å². The molecule has 3 nitrogen and oxygen atoms in total. The first-order valence-electron chi connectivity index (χ1n) is 6.09. The van der Waals surface area contributed by atoms with Gasteiger partial charge in [0.15, 0.2) is 0 Å². The average Bonchev–Trinajstić information content (AvgIpc) is 2.82. The Morgan fingerprint density at radius 2 is 2.44 bits per heavy atom. The Labute approximate surface area is 97.9 Å². The molecule has 0 radical (unpaired) electrons. The van der Waals surface area contributed by atoms with Crippen LogP contribution >= 0.6 is 0 Å². The first-order valence-corrected chi connectivity index (χ1v) is 6.09. The van der Waals surface area contributed by atoms with Crippen molar-refractivity contribution in [2.75, 3.05) is 26.7 Å². The standard InChI is InChI=1S/C13H21N3/c1-11(13-5-3-4-7-15-13)16(2)10-12-6-8-14-9-12/h3-5,7,11-12,14H,6,8-10H2,1-2H3/t11-,12+/m0/s1. The Hall–Kier alpha value is -0.930. The third-order valence-electron chi connectivity index (χ3n) is 3.49. The molecule has 0 aromatic carbocycles. The molecule has 1 aromatic rings. The van der Waals surface area contributed by atoms with E-state index < -0.39 is 0 Å². The maximum absolute atomic E-state index is 4.42. The number of nitrogens with zero attached hydrogens (tertiary/aromatic N) is 2. The van der Waals surface area contributed by atoms with Crippen LogP contribution < -0.4 is 5.32 Å². The zero-order valence-corrected chi connectivity index (χ0v) is 10.2. The molecule has 1 saturated heterocycles. The van der Waals surface area contributed by atoms with Crippen LogP contribution in [0.1, 0.15) is 25.1 Å². The molecule has 2 atom stereocenters. The second-order valence-electron chi connectivity index (χ2n) is 4.73. The van der Waals surface area contributed by atoms with E-state index in [4.69, 9.17) is 0 Å². The van der Waals surface area contributed by atoms with Crippen LogP contribution in [0.5, 0.6) is 0 Å². The highest BCUT2D eigenvalue weighted by atomic mass is 15.1. The summed E-state index contributed by atoms with van der Waals surface area (Å²) in [5.74, 6) is 0.802. The maximum atomic E-state index is 4.42.